The average molecular weight is 1730 g/mol. The molecule has 0 spiro atoms. The summed E-state index contributed by atoms with van der Waals surface area (Å²) >= 11 is 12.7. The first kappa shape index (κ1) is 96.4. The first-order valence-electron chi connectivity index (χ1n) is 42.1. The van der Waals surface area contributed by atoms with Crippen molar-refractivity contribution < 1.29 is 85.7 Å². The van der Waals surface area contributed by atoms with Gasteiger partial charge in [0, 0.05) is 54.3 Å². The molecule has 2 amide bonds. The molecule has 3 aliphatic heterocycles. The zero-order valence-corrected chi connectivity index (χ0v) is 76.9. The molecule has 15 atom stereocenters. The molecule has 3 aromatic carbocycles. The minimum atomic E-state index is -0.963. The smallest absolute Gasteiger partial charge is 0.329 e. The number of esters is 5. The van der Waals surface area contributed by atoms with E-state index in [1.54, 1.807) is 124 Å². The fourth-order valence-electron chi connectivity index (χ4n) is 15.7. The van der Waals surface area contributed by atoms with Crippen molar-refractivity contribution in [2.75, 3.05) is 41.0 Å². The Hall–Kier alpha value is -9.47. The minimum Gasteiger partial charge on any atom is -0.497 e. The molecule has 11 rings (SSSR count). The van der Waals surface area contributed by atoms with Crippen molar-refractivity contribution in [2.24, 2.45) is 52.3 Å². The Morgan fingerprint density at radius 1 is 0.492 bits per heavy atom. The topological polar surface area (TPSA) is 317 Å². The number of ether oxygens (including phenoxy) is 11. The van der Waals surface area contributed by atoms with Crippen molar-refractivity contribution in [2.45, 2.75) is 267 Å². The number of carbonyl (C=O) groups is 7. The van der Waals surface area contributed by atoms with Crippen LogP contribution in [0.1, 0.15) is 208 Å². The van der Waals surface area contributed by atoms with E-state index in [0.29, 0.717) is 74.4 Å². The second-order valence-corrected chi connectivity index (χ2v) is 39.0. The number of aromatic nitrogens is 6. The van der Waals surface area contributed by atoms with Gasteiger partial charge in [-0.1, -0.05) is 104 Å². The van der Waals surface area contributed by atoms with Gasteiger partial charge in [0.1, 0.15) is 87.4 Å². The second-order valence-electron chi connectivity index (χ2n) is 38.3. The number of carbonyl (C=O) groups excluding carboxylic acids is 7. The fourth-order valence-corrected chi connectivity index (χ4v) is 16.1. The maximum Gasteiger partial charge on any atom is 0.329 e. The van der Waals surface area contributed by atoms with E-state index >= 15 is 0 Å². The van der Waals surface area contributed by atoms with Crippen LogP contribution < -0.4 is 33.7 Å². The molecule has 3 saturated heterocycles. The monoisotopic (exact) mass is 1730 g/mol. The lowest BCUT2D eigenvalue weighted by Crippen LogP contribution is -2.50. The number of hydrogen-bond donors (Lipinski definition) is 1. The summed E-state index contributed by atoms with van der Waals surface area (Å²) in [6.45, 7) is 49.4. The summed E-state index contributed by atoms with van der Waals surface area (Å²) in [5.41, 5.74) is -0.364. The summed E-state index contributed by atoms with van der Waals surface area (Å²) in [4.78, 5) is 126. The molecule has 3 aromatic heterocycles. The molecule has 6 heterocycles. The zero-order chi connectivity index (χ0) is 90.3. The number of halogens is 2. The summed E-state index contributed by atoms with van der Waals surface area (Å²) in [5.74, 6) is -2.42. The number of nitrogens with one attached hydrogen (secondary N) is 1. The highest BCUT2D eigenvalue weighted by Crippen LogP contribution is 2.52. The molecule has 29 heteroatoms. The van der Waals surface area contributed by atoms with Gasteiger partial charge in [0.25, 0.3) is 11.8 Å². The molecule has 2 saturated carbocycles. The molecule has 1 N–H and O–H groups in total. The van der Waals surface area contributed by atoms with Gasteiger partial charge in [0.05, 0.1) is 92.2 Å². The lowest BCUT2D eigenvalue weighted by atomic mass is 9.77. The number of hydrogen-bond acceptors (Lipinski definition) is 25. The second kappa shape index (κ2) is 39.2. The van der Waals surface area contributed by atoms with Gasteiger partial charge in [-0.25, -0.2) is 39.5 Å². The standard InChI is InChI=1S/C38H53N3O7.C36H50ClN3O7.C19H24ClN3O4/c1-12-14-15-16-24-21-38(24,10)47-31(42)20-26(36(4,5)6)34(43)41-22-30(23(3)32(41)35(44)48-37(7,8)9)46-33-27(13-2)39-28-18-17-25(45-11)19-29(28)40-33;1-11-12-13-14-22-19-36(22,9)46-28(41)18-24(34(3,4)5)32(42)40-20-27(21(2)29(40)33(43)47-35(6,7)8)45-31-30(37)38-25-16-15-23(44-10)17-26(25)39-31;1-10-14(9-21-15(10)18(24)27-19(2,3)4)26-17-16(20)22-12-7-6-11(25-5)8-13(12)23-17/h12-13,17-19,23-24,26,30,32H,1-2,14-16,20-22H2,3-11H3;11,15-17,21-22,24,27,29H,1,12-14,18-20H2,2-10H3;6-8,10,14-15,21H,9H2,1-5H3/t23-,24?,26-,30+,32+,38?;21-,22?,24-,27+,29+,36?;10-,14+,15+/m111/s1. The summed E-state index contributed by atoms with van der Waals surface area (Å²) < 4.78 is 63.7. The number of benzene rings is 3. The third-order valence-corrected chi connectivity index (χ3v) is 23.5. The zero-order valence-electron chi connectivity index (χ0n) is 75.4. The number of allylic oxidation sites excluding steroid dienone is 2. The molecule has 2 aliphatic carbocycles. The Bertz CT molecular complexity index is 4820. The van der Waals surface area contributed by atoms with Crippen LogP contribution in [-0.4, -0.2) is 187 Å². The van der Waals surface area contributed by atoms with Crippen molar-refractivity contribution >= 4 is 104 Å². The van der Waals surface area contributed by atoms with Gasteiger partial charge >= 0.3 is 29.8 Å². The summed E-state index contributed by atoms with van der Waals surface area (Å²) in [6.07, 6.45) is 10.9. The van der Waals surface area contributed by atoms with Crippen LogP contribution in [-0.2, 0) is 57.2 Å². The highest BCUT2D eigenvalue weighted by Gasteiger charge is 2.57. The van der Waals surface area contributed by atoms with E-state index < -0.39 is 117 Å². The normalized spacial score (nSPS) is 24.2. The summed E-state index contributed by atoms with van der Waals surface area (Å²) in [5, 5.41) is 3.40. The Kier molecular flexibility index (Phi) is 30.9. The van der Waals surface area contributed by atoms with Gasteiger partial charge in [-0.15, -0.1) is 13.2 Å². The predicted molar refractivity (Wildman–Crippen MR) is 468 cm³/mol. The van der Waals surface area contributed by atoms with Crippen LogP contribution in [0.5, 0.6) is 34.9 Å². The van der Waals surface area contributed by atoms with Crippen molar-refractivity contribution in [1.29, 1.82) is 0 Å². The molecule has 122 heavy (non-hydrogen) atoms. The van der Waals surface area contributed by atoms with Crippen LogP contribution in [0.3, 0.4) is 0 Å². The van der Waals surface area contributed by atoms with Crippen LogP contribution >= 0.6 is 23.2 Å². The number of rotatable bonds is 29. The number of unbranched alkanes of at least 4 members (excludes halogenated alkanes) is 2. The molecule has 0 radical (unpaired) electrons. The molecule has 0 bridgehead atoms. The van der Waals surface area contributed by atoms with E-state index in [4.69, 9.17) is 80.3 Å². The lowest BCUT2D eigenvalue weighted by Gasteiger charge is -2.35. The van der Waals surface area contributed by atoms with Crippen LogP contribution in [0.25, 0.3) is 39.2 Å². The molecule has 4 unspecified atom stereocenters. The van der Waals surface area contributed by atoms with E-state index in [1.807, 2.05) is 109 Å². The molecule has 5 fully saturated rings. The molecule has 666 valence electrons. The molecule has 6 aromatic rings. The molecular weight excluding hydrogens is 1600 g/mol. The van der Waals surface area contributed by atoms with Gasteiger partial charge in [-0.2, -0.15) is 0 Å². The minimum absolute atomic E-state index is 0.0557. The Labute approximate surface area is 728 Å². The average Bonchev–Trinajstić information content (AvgIpc) is 1.61. The lowest BCUT2D eigenvalue weighted by molar-refractivity contribution is -0.167. The number of nitrogens with zero attached hydrogens (tertiary/aromatic N) is 8. The largest absolute Gasteiger partial charge is 0.497 e. The van der Waals surface area contributed by atoms with Crippen molar-refractivity contribution in [3.8, 4) is 34.9 Å². The molecule has 5 aliphatic rings. The van der Waals surface area contributed by atoms with E-state index in [1.165, 1.54) is 9.80 Å². The highest BCUT2D eigenvalue weighted by atomic mass is 35.5. The van der Waals surface area contributed by atoms with Crippen molar-refractivity contribution in [3.63, 3.8) is 0 Å². The predicted octanol–water partition coefficient (Wildman–Crippen LogP) is 16.9. The van der Waals surface area contributed by atoms with E-state index in [9.17, 15) is 33.6 Å². The molecular formula is C93H127Cl2N9O18. The number of methoxy groups -OCH3 is 3. The van der Waals surface area contributed by atoms with Gasteiger partial charge in [0.2, 0.25) is 17.7 Å². The molecule has 27 nitrogen and oxygen atoms in total. The third kappa shape index (κ3) is 24.7. The van der Waals surface area contributed by atoms with E-state index in [2.05, 4.69) is 50.0 Å². The van der Waals surface area contributed by atoms with Crippen LogP contribution in [0.2, 0.25) is 10.3 Å². The Balaban J connectivity index is 0.000000216. The highest BCUT2D eigenvalue weighted by molar-refractivity contribution is 6.31. The van der Waals surface area contributed by atoms with Crippen molar-refractivity contribution in [1.82, 2.24) is 45.0 Å². The SMILES string of the molecule is C=CCCCC1CC1(C)OC(=O)C[C@H](C(=O)N1C[C@H](Oc2nc3cc(OC)ccc3nc2C=C)[C@@H](C)[C@H]1C(=O)OC(C)(C)C)C(C)(C)C.C=CCCCC1CC1(C)OC(=O)C[C@H](C(=O)N1C[C@H](Oc2nc3cc(OC)ccc3nc2Cl)[C@@H](C)[C@H]1C(=O)OC(C)(C)C)C(C)(C)C.COc1ccc2nc(Cl)c(O[C@H]3CN[C@H](C(=O)OC(C)(C)C)[C@@H]3C)nc2c1. The first-order valence-corrected chi connectivity index (χ1v) is 42.9. The quantitative estimate of drug-likeness (QED) is 0.0197. The maximum atomic E-state index is 14.5. The van der Waals surface area contributed by atoms with E-state index in [-0.39, 0.29) is 83.7 Å². The van der Waals surface area contributed by atoms with Gasteiger partial charge in [-0.3, -0.25) is 24.0 Å². The van der Waals surface area contributed by atoms with Crippen LogP contribution in [0.4, 0.5) is 0 Å². The van der Waals surface area contributed by atoms with Crippen LogP contribution in [0, 0.1) is 52.3 Å². The summed E-state index contributed by atoms with van der Waals surface area (Å²) in [6, 6.07) is 13.6. The van der Waals surface area contributed by atoms with Gasteiger partial charge in [0.15, 0.2) is 10.3 Å². The Morgan fingerprint density at radius 3 is 1.20 bits per heavy atom. The van der Waals surface area contributed by atoms with Crippen molar-refractivity contribution in [3.05, 3.63) is 102 Å². The van der Waals surface area contributed by atoms with Crippen LogP contribution in [0.15, 0.2) is 86.5 Å². The number of likely N-dealkylation sites (tertiary alicyclic amines) is 2. The maximum absolute atomic E-state index is 14.5. The summed E-state index contributed by atoms with van der Waals surface area (Å²) in [7, 11) is 4.72. The number of amides is 2. The number of fused-ring (bicyclic) bond motifs is 3. The third-order valence-electron chi connectivity index (χ3n) is 23.0. The first-order chi connectivity index (χ1) is 56.9. The Morgan fingerprint density at radius 2 is 0.844 bits per heavy atom. The van der Waals surface area contributed by atoms with Gasteiger partial charge < -0.3 is 67.2 Å². The fraction of sp³-hybridized carbons (Fsp3) is 0.602. The van der Waals surface area contributed by atoms with Gasteiger partial charge in [-0.05, 0) is 181 Å². The van der Waals surface area contributed by atoms with E-state index in [0.717, 1.165) is 51.4 Å².